The van der Waals surface area contributed by atoms with Crippen LogP contribution in [0.3, 0.4) is 0 Å². The maximum absolute atomic E-state index is 11.1. The molecule has 1 unspecified atom stereocenters. The van der Waals surface area contributed by atoms with E-state index in [1.807, 2.05) is 0 Å². The number of aliphatic hydroxyl groups is 2. The lowest BCUT2D eigenvalue weighted by Gasteiger charge is -2.26. The monoisotopic (exact) mass is 205 g/mol. The van der Waals surface area contributed by atoms with Crippen molar-refractivity contribution in [2.24, 2.45) is 0 Å². The molecule has 0 radical (unpaired) electrons. The fraction of sp³-hybridized carbons (Fsp3) is 0.714. The molecule has 6 heteroatoms. The van der Waals surface area contributed by atoms with Gasteiger partial charge in [0.2, 0.25) is 0 Å². The van der Waals surface area contributed by atoms with Gasteiger partial charge in [0.25, 0.3) is 5.12 Å². The maximum Gasteiger partial charge on any atom is 0.301 e. The molecule has 0 aromatic heterocycles. The third-order valence-electron chi connectivity index (χ3n) is 1.70. The van der Waals surface area contributed by atoms with E-state index in [4.69, 9.17) is 10.2 Å². The smallest absolute Gasteiger partial charge is 0.301 e. The van der Waals surface area contributed by atoms with Crippen LogP contribution in [-0.2, 0) is 9.59 Å². The zero-order chi connectivity index (χ0) is 9.84. The number of amides is 1. The van der Waals surface area contributed by atoms with E-state index in [1.165, 1.54) is 4.90 Å². The highest BCUT2D eigenvalue weighted by atomic mass is 32.2. The van der Waals surface area contributed by atoms with Gasteiger partial charge < -0.3 is 15.1 Å². The van der Waals surface area contributed by atoms with Gasteiger partial charge in [-0.25, -0.2) is 0 Å². The van der Waals surface area contributed by atoms with Gasteiger partial charge in [-0.3, -0.25) is 9.59 Å². The number of hydrogen-bond acceptors (Lipinski definition) is 5. The number of thioether (sulfide) groups is 1. The molecular weight excluding hydrogens is 194 g/mol. The molecule has 0 aliphatic carbocycles. The number of carbonyl (C=O) groups is 2. The Kier molecular flexibility index (Phi) is 3.71. The molecule has 74 valence electrons. The Labute approximate surface area is 79.7 Å². The van der Waals surface area contributed by atoms with Gasteiger partial charge in [0, 0.05) is 18.8 Å². The van der Waals surface area contributed by atoms with Crippen LogP contribution in [0, 0.1) is 0 Å². The normalized spacial score (nSPS) is 20.6. The van der Waals surface area contributed by atoms with Crippen LogP contribution in [0.5, 0.6) is 0 Å². The molecule has 1 aliphatic heterocycles. The number of carbonyl (C=O) groups excluding carboxylic acids is 2. The quantitative estimate of drug-likeness (QED) is 0.545. The highest BCUT2D eigenvalue weighted by Crippen LogP contribution is 2.12. The average molecular weight is 205 g/mol. The molecule has 1 aliphatic rings. The second kappa shape index (κ2) is 4.59. The zero-order valence-electron chi connectivity index (χ0n) is 6.97. The third kappa shape index (κ3) is 2.68. The van der Waals surface area contributed by atoms with Crippen LogP contribution < -0.4 is 0 Å². The molecule has 1 rings (SSSR count). The molecule has 13 heavy (non-hydrogen) atoms. The predicted molar refractivity (Wildman–Crippen MR) is 47.1 cm³/mol. The lowest BCUT2D eigenvalue weighted by atomic mass is 10.3. The molecule has 0 bridgehead atoms. The van der Waals surface area contributed by atoms with E-state index in [2.05, 4.69) is 0 Å². The van der Waals surface area contributed by atoms with Gasteiger partial charge >= 0.3 is 5.91 Å². The summed E-state index contributed by atoms with van der Waals surface area (Å²) in [5, 5.41) is 17.1. The molecule has 1 heterocycles. The molecule has 2 N–H and O–H groups in total. The van der Waals surface area contributed by atoms with Crippen molar-refractivity contribution in [3.05, 3.63) is 0 Å². The maximum atomic E-state index is 11.1. The standard InChI is InChI=1S/C7H11NO4S/c9-4-5(10)3-8-1-2-13-7(12)6(8)11/h5,9-10H,1-4H2. The van der Waals surface area contributed by atoms with E-state index in [-0.39, 0.29) is 6.54 Å². The van der Waals surface area contributed by atoms with E-state index >= 15 is 0 Å². The first kappa shape index (κ1) is 10.5. The van der Waals surface area contributed by atoms with Crippen LogP contribution >= 0.6 is 11.8 Å². The second-order valence-electron chi connectivity index (χ2n) is 2.72. The van der Waals surface area contributed by atoms with E-state index < -0.39 is 23.7 Å². The zero-order valence-corrected chi connectivity index (χ0v) is 7.79. The molecule has 5 nitrogen and oxygen atoms in total. The second-order valence-corrected chi connectivity index (χ2v) is 3.79. The Morgan fingerprint density at radius 2 is 2.23 bits per heavy atom. The van der Waals surface area contributed by atoms with Crippen LogP contribution in [0.15, 0.2) is 0 Å². The first-order chi connectivity index (χ1) is 6.15. The van der Waals surface area contributed by atoms with Crippen molar-refractivity contribution in [3.63, 3.8) is 0 Å². The van der Waals surface area contributed by atoms with Crippen molar-refractivity contribution in [1.82, 2.24) is 4.90 Å². The summed E-state index contributed by atoms with van der Waals surface area (Å²) in [5.41, 5.74) is 0. The largest absolute Gasteiger partial charge is 0.394 e. The van der Waals surface area contributed by atoms with Crippen molar-refractivity contribution in [2.75, 3.05) is 25.4 Å². The molecular formula is C7H11NO4S. The Hall–Kier alpha value is -0.590. The topological polar surface area (TPSA) is 77.8 Å². The van der Waals surface area contributed by atoms with Crippen molar-refractivity contribution in [1.29, 1.82) is 0 Å². The molecule has 1 amide bonds. The summed E-state index contributed by atoms with van der Waals surface area (Å²) in [7, 11) is 0. The number of rotatable bonds is 3. The molecule has 1 fully saturated rings. The van der Waals surface area contributed by atoms with Crippen molar-refractivity contribution in [2.45, 2.75) is 6.10 Å². The minimum absolute atomic E-state index is 0.0294. The summed E-state index contributed by atoms with van der Waals surface area (Å²) in [6.07, 6.45) is -0.958. The SMILES string of the molecule is O=C1SCCN(CC(O)CO)C1=O. The van der Waals surface area contributed by atoms with Gasteiger partial charge in [0.1, 0.15) is 0 Å². The minimum Gasteiger partial charge on any atom is -0.394 e. The van der Waals surface area contributed by atoms with Crippen LogP contribution in [-0.4, -0.2) is 57.7 Å². The third-order valence-corrected chi connectivity index (χ3v) is 2.52. The highest BCUT2D eigenvalue weighted by molar-refractivity contribution is 8.15. The molecule has 0 aromatic rings. The van der Waals surface area contributed by atoms with Crippen LogP contribution in [0.25, 0.3) is 0 Å². The summed E-state index contributed by atoms with van der Waals surface area (Å²) in [5.74, 6) is -0.0216. The van der Waals surface area contributed by atoms with E-state index in [0.717, 1.165) is 11.8 Å². The molecule has 1 saturated heterocycles. The first-order valence-corrected chi connectivity index (χ1v) is 4.88. The lowest BCUT2D eigenvalue weighted by molar-refractivity contribution is -0.141. The Morgan fingerprint density at radius 3 is 2.85 bits per heavy atom. The number of nitrogens with zero attached hydrogens (tertiary/aromatic N) is 1. The summed E-state index contributed by atoms with van der Waals surface area (Å²) < 4.78 is 0. The van der Waals surface area contributed by atoms with Crippen molar-refractivity contribution in [3.8, 4) is 0 Å². The Bertz CT molecular complexity index is 221. The van der Waals surface area contributed by atoms with Crippen LogP contribution in [0.2, 0.25) is 0 Å². The van der Waals surface area contributed by atoms with Gasteiger partial charge in [-0.1, -0.05) is 11.8 Å². The van der Waals surface area contributed by atoms with Crippen LogP contribution in [0.1, 0.15) is 0 Å². The predicted octanol–water partition coefficient (Wildman–Crippen LogP) is -1.56. The van der Waals surface area contributed by atoms with Gasteiger partial charge in [0.15, 0.2) is 0 Å². The van der Waals surface area contributed by atoms with Crippen LogP contribution in [0.4, 0.5) is 0 Å². The van der Waals surface area contributed by atoms with E-state index in [9.17, 15) is 9.59 Å². The Morgan fingerprint density at radius 1 is 1.54 bits per heavy atom. The average Bonchev–Trinajstić information content (AvgIpc) is 2.13. The summed E-state index contributed by atoms with van der Waals surface area (Å²) in [6.45, 7) is 0.0824. The molecule has 0 saturated carbocycles. The summed E-state index contributed by atoms with van der Waals surface area (Å²) >= 11 is 0.990. The first-order valence-electron chi connectivity index (χ1n) is 3.90. The number of hydrogen-bond donors (Lipinski definition) is 2. The van der Waals surface area contributed by atoms with Gasteiger partial charge in [-0.15, -0.1) is 0 Å². The summed E-state index contributed by atoms with van der Waals surface area (Å²) in [4.78, 5) is 23.3. The summed E-state index contributed by atoms with van der Waals surface area (Å²) in [6, 6.07) is 0. The van der Waals surface area contributed by atoms with Crippen molar-refractivity contribution >= 4 is 22.8 Å². The van der Waals surface area contributed by atoms with Gasteiger partial charge in [0.05, 0.1) is 12.7 Å². The van der Waals surface area contributed by atoms with E-state index in [1.54, 1.807) is 0 Å². The van der Waals surface area contributed by atoms with Crippen molar-refractivity contribution < 1.29 is 19.8 Å². The Balaban J connectivity index is 2.49. The minimum atomic E-state index is -0.958. The number of aliphatic hydroxyl groups excluding tert-OH is 2. The molecule has 1 atom stereocenters. The fourth-order valence-electron chi connectivity index (χ4n) is 1.03. The number of β-amino-alcohol motifs (C(OH)–C–C–N with tert-alkyl or cyclic N) is 1. The van der Waals surface area contributed by atoms with Gasteiger partial charge in [-0.2, -0.15) is 0 Å². The fourth-order valence-corrected chi connectivity index (χ4v) is 1.78. The highest BCUT2D eigenvalue weighted by Gasteiger charge is 2.27. The lowest BCUT2D eigenvalue weighted by Crippen LogP contribution is -2.45. The molecule has 0 spiro atoms. The van der Waals surface area contributed by atoms with Gasteiger partial charge in [-0.05, 0) is 0 Å². The van der Waals surface area contributed by atoms with E-state index in [0.29, 0.717) is 12.3 Å². The molecule has 0 aromatic carbocycles.